The third kappa shape index (κ3) is 5.31. The lowest BCUT2D eigenvalue weighted by molar-refractivity contribution is -0.274. The van der Waals surface area contributed by atoms with Gasteiger partial charge in [0.1, 0.15) is 5.75 Å². The Balaban J connectivity index is 1.63. The van der Waals surface area contributed by atoms with Crippen molar-refractivity contribution in [3.05, 3.63) is 113 Å². The normalized spacial score (nSPS) is 10.6. The van der Waals surface area contributed by atoms with Crippen molar-refractivity contribution in [3.63, 3.8) is 0 Å². The molecule has 0 saturated heterocycles. The lowest BCUT2D eigenvalue weighted by atomic mass is 9.99. The smallest absolute Gasteiger partial charge is 0.406 e. The highest BCUT2D eigenvalue weighted by Crippen LogP contribution is 2.24. The Labute approximate surface area is 184 Å². The summed E-state index contributed by atoms with van der Waals surface area (Å²) < 4.78 is 40.8. The molecular weight excluding hydrogens is 409 g/mol. The molecule has 0 aliphatic rings. The van der Waals surface area contributed by atoms with Gasteiger partial charge in [-0.3, -0.25) is 0 Å². The van der Waals surface area contributed by atoms with Crippen LogP contribution in [0.1, 0.15) is 27.8 Å². The van der Waals surface area contributed by atoms with E-state index in [2.05, 4.69) is 28.4 Å². The summed E-state index contributed by atoms with van der Waals surface area (Å²) in [4.78, 5) is 0. The van der Waals surface area contributed by atoms with Gasteiger partial charge in [-0.1, -0.05) is 65.6 Å². The number of rotatable bonds is 1. The molecule has 156 valence electrons. The molecule has 0 amide bonds. The Kier molecular flexibility index (Phi) is 5.88. The van der Waals surface area contributed by atoms with E-state index in [1.165, 1.54) is 29.8 Å². The lowest BCUT2D eigenvalue weighted by Gasteiger charge is -2.08. The molecule has 4 aromatic rings. The van der Waals surface area contributed by atoms with E-state index in [0.29, 0.717) is 5.56 Å². The Morgan fingerprint density at radius 3 is 1.53 bits per heavy atom. The molecule has 0 saturated carbocycles. The van der Waals surface area contributed by atoms with Gasteiger partial charge in [0.2, 0.25) is 0 Å². The minimum atomic E-state index is -4.71. The highest BCUT2D eigenvalue weighted by atomic mass is 19.4. The van der Waals surface area contributed by atoms with Crippen LogP contribution in [-0.4, -0.2) is 6.36 Å². The van der Waals surface area contributed by atoms with Gasteiger partial charge in [0.05, 0.1) is 0 Å². The first-order valence-electron chi connectivity index (χ1n) is 9.86. The van der Waals surface area contributed by atoms with Gasteiger partial charge in [0, 0.05) is 22.3 Å². The second kappa shape index (κ2) is 8.92. The fourth-order valence-corrected chi connectivity index (χ4v) is 3.17. The van der Waals surface area contributed by atoms with Crippen LogP contribution in [0.5, 0.6) is 5.75 Å². The molecule has 0 unspecified atom stereocenters. The van der Waals surface area contributed by atoms with Crippen LogP contribution >= 0.6 is 0 Å². The molecule has 0 bridgehead atoms. The second-order valence-corrected chi connectivity index (χ2v) is 7.14. The molecule has 0 heterocycles. The van der Waals surface area contributed by atoms with E-state index in [4.69, 9.17) is 0 Å². The number of aryl methyl sites for hydroxylation is 1. The van der Waals surface area contributed by atoms with Crippen LogP contribution in [0.15, 0.2) is 84.9 Å². The van der Waals surface area contributed by atoms with Gasteiger partial charge in [-0.2, -0.15) is 0 Å². The third-order valence-electron chi connectivity index (χ3n) is 4.75. The standard InChI is InChI=1S/C28H17F3O/c1-20-6-8-21(9-7-20)10-14-23-16-17-24(27-5-3-2-4-26(23)27)15-11-22-12-18-25(19-13-22)32-28(29,30)31/h2-9,12-13,16-19H,1H3. The Hall–Kier alpha value is -4.15. The number of alkyl halides is 3. The maximum atomic E-state index is 12.3. The fraction of sp³-hybridized carbons (Fsp3) is 0.0714. The van der Waals surface area contributed by atoms with Crippen LogP contribution in [0.3, 0.4) is 0 Å². The largest absolute Gasteiger partial charge is 0.573 e. The first-order valence-corrected chi connectivity index (χ1v) is 9.86. The first-order chi connectivity index (χ1) is 15.4. The van der Waals surface area contributed by atoms with E-state index < -0.39 is 6.36 Å². The van der Waals surface area contributed by atoms with E-state index in [-0.39, 0.29) is 5.75 Å². The highest BCUT2D eigenvalue weighted by Gasteiger charge is 2.30. The van der Waals surface area contributed by atoms with Gasteiger partial charge < -0.3 is 4.74 Å². The first kappa shape index (κ1) is 21.1. The van der Waals surface area contributed by atoms with E-state index >= 15 is 0 Å². The molecule has 4 heteroatoms. The molecule has 0 aliphatic carbocycles. The van der Waals surface area contributed by atoms with Crippen molar-refractivity contribution in [2.75, 3.05) is 0 Å². The van der Waals surface area contributed by atoms with E-state index in [1.807, 2.05) is 67.6 Å². The molecule has 0 atom stereocenters. The molecule has 0 aromatic heterocycles. The van der Waals surface area contributed by atoms with Gasteiger partial charge >= 0.3 is 6.36 Å². The predicted octanol–water partition coefficient (Wildman–Crippen LogP) is 6.85. The van der Waals surface area contributed by atoms with Crippen molar-refractivity contribution >= 4 is 10.8 Å². The van der Waals surface area contributed by atoms with Crippen molar-refractivity contribution < 1.29 is 17.9 Å². The zero-order valence-corrected chi connectivity index (χ0v) is 17.1. The summed E-state index contributed by atoms with van der Waals surface area (Å²) >= 11 is 0. The molecule has 4 aromatic carbocycles. The number of hydrogen-bond acceptors (Lipinski definition) is 1. The molecule has 0 N–H and O–H groups in total. The average Bonchev–Trinajstić information content (AvgIpc) is 2.77. The monoisotopic (exact) mass is 426 g/mol. The van der Waals surface area contributed by atoms with Crippen molar-refractivity contribution in [2.45, 2.75) is 13.3 Å². The van der Waals surface area contributed by atoms with Crippen molar-refractivity contribution in [3.8, 4) is 29.4 Å². The number of hydrogen-bond donors (Lipinski definition) is 0. The second-order valence-electron chi connectivity index (χ2n) is 7.14. The Morgan fingerprint density at radius 2 is 1.06 bits per heavy atom. The molecular formula is C28H17F3O. The molecule has 0 aliphatic heterocycles. The van der Waals surface area contributed by atoms with Crippen LogP contribution in [0.2, 0.25) is 0 Å². The van der Waals surface area contributed by atoms with Gasteiger partial charge in [-0.05, 0) is 66.2 Å². The highest BCUT2D eigenvalue weighted by molar-refractivity contribution is 5.93. The van der Waals surface area contributed by atoms with Crippen LogP contribution in [0.25, 0.3) is 10.8 Å². The summed E-state index contributed by atoms with van der Waals surface area (Å²) in [5, 5.41) is 1.96. The van der Waals surface area contributed by atoms with E-state index in [0.717, 1.165) is 27.5 Å². The zero-order valence-electron chi connectivity index (χ0n) is 17.1. The topological polar surface area (TPSA) is 9.23 Å². The van der Waals surface area contributed by atoms with Gasteiger partial charge in [0.15, 0.2) is 0 Å². The Morgan fingerprint density at radius 1 is 0.594 bits per heavy atom. The Bertz CT molecular complexity index is 1380. The van der Waals surface area contributed by atoms with Crippen molar-refractivity contribution in [1.29, 1.82) is 0 Å². The fourth-order valence-electron chi connectivity index (χ4n) is 3.17. The lowest BCUT2D eigenvalue weighted by Crippen LogP contribution is -2.16. The molecule has 4 rings (SSSR count). The SMILES string of the molecule is Cc1ccc(C#Cc2ccc(C#Cc3ccc(OC(F)(F)F)cc3)c3ccccc23)cc1. The molecule has 0 fully saturated rings. The van der Waals surface area contributed by atoms with Gasteiger partial charge in [-0.25, -0.2) is 0 Å². The summed E-state index contributed by atoms with van der Waals surface area (Å²) in [6, 6.07) is 25.3. The quantitative estimate of drug-likeness (QED) is 0.303. The third-order valence-corrected chi connectivity index (χ3v) is 4.75. The molecule has 32 heavy (non-hydrogen) atoms. The minimum Gasteiger partial charge on any atom is -0.406 e. The minimum absolute atomic E-state index is 0.273. The number of ether oxygens (including phenoxy) is 1. The van der Waals surface area contributed by atoms with Crippen LogP contribution < -0.4 is 4.74 Å². The van der Waals surface area contributed by atoms with Crippen LogP contribution in [0.4, 0.5) is 13.2 Å². The maximum absolute atomic E-state index is 12.3. The summed E-state index contributed by atoms with van der Waals surface area (Å²) in [5.41, 5.74) is 4.44. The molecule has 0 spiro atoms. The van der Waals surface area contributed by atoms with Crippen molar-refractivity contribution in [1.82, 2.24) is 0 Å². The van der Waals surface area contributed by atoms with E-state index in [9.17, 15) is 13.2 Å². The van der Waals surface area contributed by atoms with Crippen LogP contribution in [0, 0.1) is 30.6 Å². The number of halogens is 3. The van der Waals surface area contributed by atoms with Gasteiger partial charge in [0.25, 0.3) is 0 Å². The summed E-state index contributed by atoms with van der Waals surface area (Å²) in [6.45, 7) is 2.04. The number of fused-ring (bicyclic) bond motifs is 1. The molecule has 0 radical (unpaired) electrons. The zero-order chi connectivity index (χ0) is 22.6. The maximum Gasteiger partial charge on any atom is 0.573 e. The average molecular weight is 426 g/mol. The van der Waals surface area contributed by atoms with Crippen LogP contribution in [-0.2, 0) is 0 Å². The molecule has 1 nitrogen and oxygen atoms in total. The summed E-state index contributed by atoms with van der Waals surface area (Å²) in [5.74, 6) is 12.3. The summed E-state index contributed by atoms with van der Waals surface area (Å²) in [6.07, 6.45) is -4.71. The predicted molar refractivity (Wildman–Crippen MR) is 120 cm³/mol. The summed E-state index contributed by atoms with van der Waals surface area (Å²) in [7, 11) is 0. The van der Waals surface area contributed by atoms with Gasteiger partial charge in [-0.15, -0.1) is 13.2 Å². The van der Waals surface area contributed by atoms with Crippen molar-refractivity contribution in [2.24, 2.45) is 0 Å². The number of benzene rings is 4. The van der Waals surface area contributed by atoms with E-state index in [1.54, 1.807) is 0 Å².